The molecule has 0 spiro atoms. The van der Waals surface area contributed by atoms with Crippen LogP contribution in [0, 0.1) is 13.8 Å². The van der Waals surface area contributed by atoms with Crippen molar-refractivity contribution in [1.82, 2.24) is 15.1 Å². The summed E-state index contributed by atoms with van der Waals surface area (Å²) < 4.78 is 1.92. The van der Waals surface area contributed by atoms with Crippen LogP contribution in [-0.4, -0.2) is 15.7 Å². The van der Waals surface area contributed by atoms with Gasteiger partial charge >= 0.3 is 0 Å². The Morgan fingerprint density at radius 2 is 1.95 bits per heavy atom. The van der Waals surface area contributed by atoms with Crippen molar-refractivity contribution in [3.63, 3.8) is 0 Å². The number of carbonyl (C=O) groups excluding carboxylic acids is 1. The van der Waals surface area contributed by atoms with Crippen LogP contribution in [0.5, 0.6) is 0 Å². The molecule has 1 amide bonds. The molecule has 0 atom stereocenters. The highest BCUT2D eigenvalue weighted by molar-refractivity contribution is 5.94. The Morgan fingerprint density at radius 1 is 1.26 bits per heavy atom. The number of rotatable bonds is 4. The molecule has 0 unspecified atom stereocenters. The van der Waals surface area contributed by atoms with Crippen LogP contribution in [0.25, 0.3) is 0 Å². The maximum atomic E-state index is 12.0. The number of aromatic nitrogens is 2. The second-order valence-corrected chi connectivity index (χ2v) is 4.62. The topological polar surface area (TPSA) is 46.9 Å². The Labute approximate surface area is 113 Å². The molecule has 1 aromatic heterocycles. The van der Waals surface area contributed by atoms with E-state index in [0.717, 1.165) is 23.4 Å². The quantitative estimate of drug-likeness (QED) is 0.914. The smallest absolute Gasteiger partial charge is 0.251 e. The predicted molar refractivity (Wildman–Crippen MR) is 75.0 cm³/mol. The number of hydrogen-bond donors (Lipinski definition) is 1. The van der Waals surface area contributed by atoms with Gasteiger partial charge in [0.05, 0.1) is 6.20 Å². The Morgan fingerprint density at radius 3 is 2.53 bits per heavy atom. The first kappa shape index (κ1) is 13.3. The lowest BCUT2D eigenvalue weighted by atomic mass is 10.1. The van der Waals surface area contributed by atoms with E-state index in [1.807, 2.05) is 49.0 Å². The van der Waals surface area contributed by atoms with Gasteiger partial charge in [-0.2, -0.15) is 5.10 Å². The molecule has 0 bridgehead atoms. The molecule has 2 rings (SSSR count). The van der Waals surface area contributed by atoms with Crippen LogP contribution in [0.2, 0.25) is 0 Å². The van der Waals surface area contributed by atoms with Gasteiger partial charge in [0.15, 0.2) is 0 Å². The molecule has 1 N–H and O–H groups in total. The number of hydrogen-bond acceptors (Lipinski definition) is 2. The molecule has 0 fully saturated rings. The van der Waals surface area contributed by atoms with Crippen LogP contribution in [0.4, 0.5) is 0 Å². The van der Waals surface area contributed by atoms with Crippen LogP contribution in [0.1, 0.15) is 34.1 Å². The van der Waals surface area contributed by atoms with Gasteiger partial charge in [0.25, 0.3) is 5.91 Å². The third kappa shape index (κ3) is 3.02. The van der Waals surface area contributed by atoms with Crippen molar-refractivity contribution in [1.29, 1.82) is 0 Å². The van der Waals surface area contributed by atoms with Gasteiger partial charge in [-0.3, -0.25) is 9.48 Å². The first-order valence-electron chi connectivity index (χ1n) is 6.48. The van der Waals surface area contributed by atoms with Crippen molar-refractivity contribution in [2.75, 3.05) is 0 Å². The zero-order chi connectivity index (χ0) is 13.8. The molecule has 1 heterocycles. The molecule has 0 aliphatic rings. The molecule has 0 aliphatic carbocycles. The molecular formula is C15H19N3O. The van der Waals surface area contributed by atoms with Crippen LogP contribution in [0.15, 0.2) is 30.5 Å². The lowest BCUT2D eigenvalue weighted by molar-refractivity contribution is 0.0951. The van der Waals surface area contributed by atoms with E-state index in [1.54, 1.807) is 0 Å². The van der Waals surface area contributed by atoms with Crippen LogP contribution >= 0.6 is 0 Å². The van der Waals surface area contributed by atoms with E-state index in [-0.39, 0.29) is 5.91 Å². The summed E-state index contributed by atoms with van der Waals surface area (Å²) in [6.07, 6.45) is 1.81. The summed E-state index contributed by atoms with van der Waals surface area (Å²) in [7, 11) is 0. The molecule has 19 heavy (non-hydrogen) atoms. The molecule has 1 aromatic carbocycles. The molecule has 0 saturated carbocycles. The molecule has 2 aromatic rings. The highest BCUT2D eigenvalue weighted by Gasteiger charge is 2.08. The average Bonchev–Trinajstić information content (AvgIpc) is 2.77. The summed E-state index contributed by atoms with van der Waals surface area (Å²) in [5.74, 6) is -0.0522. The number of nitrogens with one attached hydrogen (secondary N) is 1. The first-order chi connectivity index (χ1) is 9.11. The average molecular weight is 257 g/mol. The van der Waals surface area contributed by atoms with Gasteiger partial charge in [-0.1, -0.05) is 17.7 Å². The maximum absolute atomic E-state index is 12.0. The van der Waals surface area contributed by atoms with E-state index in [1.165, 1.54) is 0 Å². The fraction of sp³-hybridized carbons (Fsp3) is 0.333. The van der Waals surface area contributed by atoms with Gasteiger partial charge < -0.3 is 5.32 Å². The number of benzene rings is 1. The number of nitrogens with zero attached hydrogens (tertiary/aromatic N) is 2. The van der Waals surface area contributed by atoms with Crippen LogP contribution in [0.3, 0.4) is 0 Å². The van der Waals surface area contributed by atoms with Gasteiger partial charge in [-0.15, -0.1) is 0 Å². The van der Waals surface area contributed by atoms with E-state index in [4.69, 9.17) is 0 Å². The third-order valence-electron chi connectivity index (χ3n) is 3.26. The Hall–Kier alpha value is -2.10. The summed E-state index contributed by atoms with van der Waals surface area (Å²) in [4.78, 5) is 12.0. The lowest BCUT2D eigenvalue weighted by Crippen LogP contribution is -2.23. The fourth-order valence-corrected chi connectivity index (χ4v) is 1.96. The van der Waals surface area contributed by atoms with Crippen molar-refractivity contribution < 1.29 is 4.79 Å². The summed E-state index contributed by atoms with van der Waals surface area (Å²) in [5, 5.41) is 7.18. The number of carbonyl (C=O) groups is 1. The van der Waals surface area contributed by atoms with Gasteiger partial charge in [-0.25, -0.2) is 0 Å². The molecule has 4 heteroatoms. The molecule has 0 aliphatic heterocycles. The minimum Gasteiger partial charge on any atom is -0.348 e. The Bertz CT molecular complexity index is 570. The van der Waals surface area contributed by atoms with Crippen molar-refractivity contribution in [3.8, 4) is 0 Å². The van der Waals surface area contributed by atoms with E-state index < -0.39 is 0 Å². The number of amides is 1. The van der Waals surface area contributed by atoms with Crippen molar-refractivity contribution in [2.45, 2.75) is 33.9 Å². The van der Waals surface area contributed by atoms with Gasteiger partial charge in [0, 0.05) is 29.9 Å². The zero-order valence-corrected chi connectivity index (χ0v) is 11.6. The monoisotopic (exact) mass is 257 g/mol. The molecule has 100 valence electrons. The third-order valence-corrected chi connectivity index (χ3v) is 3.26. The summed E-state index contributed by atoms with van der Waals surface area (Å²) in [6.45, 7) is 7.43. The molecule has 0 radical (unpaired) electrons. The predicted octanol–water partition coefficient (Wildman–Crippen LogP) is 2.45. The summed E-state index contributed by atoms with van der Waals surface area (Å²) >= 11 is 0. The number of aryl methyl sites for hydroxylation is 2. The highest BCUT2D eigenvalue weighted by Crippen LogP contribution is 2.08. The second-order valence-electron chi connectivity index (χ2n) is 4.62. The zero-order valence-electron chi connectivity index (χ0n) is 11.6. The standard InChI is InChI=1S/C15H19N3O/c1-4-18-12(3)14(10-17-18)9-16-15(19)13-7-5-11(2)6-8-13/h5-8,10H,4,9H2,1-3H3,(H,16,19). The SMILES string of the molecule is CCn1ncc(CNC(=O)c2ccc(C)cc2)c1C. The highest BCUT2D eigenvalue weighted by atomic mass is 16.1. The van der Waals surface area contributed by atoms with Crippen LogP contribution in [-0.2, 0) is 13.1 Å². The lowest BCUT2D eigenvalue weighted by Gasteiger charge is -2.06. The minimum absolute atomic E-state index is 0.0522. The van der Waals surface area contributed by atoms with Crippen molar-refractivity contribution >= 4 is 5.91 Å². The van der Waals surface area contributed by atoms with Gasteiger partial charge in [-0.05, 0) is 32.9 Å². The van der Waals surface area contributed by atoms with Crippen LogP contribution < -0.4 is 5.32 Å². The molecule has 4 nitrogen and oxygen atoms in total. The molecule has 0 saturated heterocycles. The largest absolute Gasteiger partial charge is 0.348 e. The normalized spacial score (nSPS) is 10.5. The van der Waals surface area contributed by atoms with E-state index in [0.29, 0.717) is 12.1 Å². The van der Waals surface area contributed by atoms with E-state index >= 15 is 0 Å². The Kier molecular flexibility index (Phi) is 4.00. The molecular weight excluding hydrogens is 238 g/mol. The second kappa shape index (κ2) is 5.69. The Balaban J connectivity index is 2.00. The van der Waals surface area contributed by atoms with E-state index in [2.05, 4.69) is 17.3 Å². The minimum atomic E-state index is -0.0522. The van der Waals surface area contributed by atoms with Gasteiger partial charge in [0.1, 0.15) is 0 Å². The summed E-state index contributed by atoms with van der Waals surface area (Å²) in [5.41, 5.74) is 4.00. The first-order valence-corrected chi connectivity index (χ1v) is 6.48. The van der Waals surface area contributed by atoms with E-state index in [9.17, 15) is 4.79 Å². The fourth-order valence-electron chi connectivity index (χ4n) is 1.96. The maximum Gasteiger partial charge on any atom is 0.251 e. The van der Waals surface area contributed by atoms with Crippen molar-refractivity contribution in [2.24, 2.45) is 0 Å². The van der Waals surface area contributed by atoms with Gasteiger partial charge in [0.2, 0.25) is 0 Å². The van der Waals surface area contributed by atoms with Crippen molar-refractivity contribution in [3.05, 3.63) is 52.8 Å². The summed E-state index contributed by atoms with van der Waals surface area (Å²) in [6, 6.07) is 7.56.